The molecule has 0 unspecified atom stereocenters. The van der Waals surface area contributed by atoms with Gasteiger partial charge in [0.1, 0.15) is 29.6 Å². The molecule has 0 fully saturated rings. The minimum absolute atomic E-state index is 0.0937. The maximum Gasteiger partial charge on any atom is 0.274 e. The first-order valence-corrected chi connectivity index (χ1v) is 8.97. The number of carbonyl (C=O) groups excluding carboxylic acids is 1. The number of methoxy groups -OCH3 is 1. The Morgan fingerprint density at radius 3 is 2.52 bits per heavy atom. The predicted octanol–water partition coefficient (Wildman–Crippen LogP) is 3.68. The van der Waals surface area contributed by atoms with Crippen molar-refractivity contribution >= 4 is 17.5 Å². The lowest BCUT2D eigenvalue weighted by molar-refractivity contribution is 0.102. The number of halogens is 1. The zero-order chi connectivity index (χ0) is 20.6. The molecule has 0 aliphatic heterocycles. The summed E-state index contributed by atoms with van der Waals surface area (Å²) in [6.07, 6.45) is 0. The summed E-state index contributed by atoms with van der Waals surface area (Å²) in [5.74, 6) is 0.730. The minimum atomic E-state index is -0.516. The van der Waals surface area contributed by atoms with E-state index >= 15 is 0 Å². The Kier molecular flexibility index (Phi) is 6.57. The van der Waals surface area contributed by atoms with Crippen molar-refractivity contribution in [2.24, 2.45) is 0 Å². The average molecular weight is 396 g/mol. The smallest absolute Gasteiger partial charge is 0.274 e. The number of hydrogen-bond donors (Lipinski definition) is 2. The first-order valence-electron chi connectivity index (χ1n) is 8.97. The summed E-state index contributed by atoms with van der Waals surface area (Å²) < 4.78 is 24.5. The van der Waals surface area contributed by atoms with Crippen LogP contribution in [0.4, 0.5) is 16.0 Å². The molecule has 0 bridgehead atoms. The third-order valence-corrected chi connectivity index (χ3v) is 3.92. The van der Waals surface area contributed by atoms with Crippen LogP contribution in [-0.2, 0) is 0 Å². The van der Waals surface area contributed by atoms with Crippen molar-refractivity contribution in [3.05, 3.63) is 71.8 Å². The van der Waals surface area contributed by atoms with E-state index in [0.29, 0.717) is 30.5 Å². The zero-order valence-corrected chi connectivity index (χ0v) is 16.1. The van der Waals surface area contributed by atoms with E-state index in [2.05, 4.69) is 20.6 Å². The van der Waals surface area contributed by atoms with E-state index in [0.717, 1.165) is 5.75 Å². The van der Waals surface area contributed by atoms with E-state index < -0.39 is 11.7 Å². The summed E-state index contributed by atoms with van der Waals surface area (Å²) in [5.41, 5.74) is 0.841. The van der Waals surface area contributed by atoms with Gasteiger partial charge in [-0.05, 0) is 49.4 Å². The van der Waals surface area contributed by atoms with Crippen molar-refractivity contribution in [1.82, 2.24) is 9.97 Å². The number of anilines is 2. The molecule has 1 heterocycles. The molecule has 0 saturated heterocycles. The molecule has 0 spiro atoms. The number of amides is 1. The quantitative estimate of drug-likeness (QED) is 0.565. The summed E-state index contributed by atoms with van der Waals surface area (Å²) in [6, 6.07) is 14.7. The molecular formula is C21H21FN4O3. The van der Waals surface area contributed by atoms with Gasteiger partial charge in [0.05, 0.1) is 19.3 Å². The molecule has 8 heteroatoms. The lowest BCUT2D eigenvalue weighted by atomic mass is 10.2. The highest BCUT2D eigenvalue weighted by molar-refractivity contribution is 6.03. The molecule has 1 amide bonds. The number of ether oxygens (including phenoxy) is 2. The molecule has 2 N–H and O–H groups in total. The summed E-state index contributed by atoms with van der Waals surface area (Å²) in [5, 5.41) is 5.53. The Hall–Kier alpha value is -3.68. The fourth-order valence-corrected chi connectivity index (χ4v) is 2.52. The van der Waals surface area contributed by atoms with Crippen LogP contribution in [0.25, 0.3) is 0 Å². The molecule has 1 aromatic heterocycles. The lowest BCUT2D eigenvalue weighted by Crippen LogP contribution is -2.18. The highest BCUT2D eigenvalue weighted by atomic mass is 19.1. The molecular weight excluding hydrogens is 375 g/mol. The van der Waals surface area contributed by atoms with Gasteiger partial charge in [-0.15, -0.1) is 0 Å². The van der Waals surface area contributed by atoms with Crippen LogP contribution in [-0.4, -0.2) is 36.1 Å². The first kappa shape index (κ1) is 20.1. The van der Waals surface area contributed by atoms with Crippen LogP contribution in [0, 0.1) is 12.7 Å². The second kappa shape index (κ2) is 9.50. The molecule has 0 aliphatic carbocycles. The van der Waals surface area contributed by atoms with Crippen LogP contribution in [0.15, 0.2) is 54.6 Å². The molecule has 150 valence electrons. The lowest BCUT2D eigenvalue weighted by Gasteiger charge is -2.10. The van der Waals surface area contributed by atoms with Gasteiger partial charge < -0.3 is 20.1 Å². The van der Waals surface area contributed by atoms with Gasteiger partial charge in [-0.2, -0.15) is 0 Å². The maximum atomic E-state index is 13.7. The van der Waals surface area contributed by atoms with Gasteiger partial charge in [0.2, 0.25) is 5.95 Å². The summed E-state index contributed by atoms with van der Waals surface area (Å²) in [7, 11) is 1.60. The Morgan fingerprint density at radius 1 is 1.07 bits per heavy atom. The Morgan fingerprint density at radius 2 is 1.79 bits per heavy atom. The summed E-state index contributed by atoms with van der Waals surface area (Å²) in [6.45, 7) is 2.56. The van der Waals surface area contributed by atoms with E-state index in [1.54, 1.807) is 26.2 Å². The van der Waals surface area contributed by atoms with Crippen molar-refractivity contribution in [3.8, 4) is 11.5 Å². The van der Waals surface area contributed by atoms with Gasteiger partial charge in [0.25, 0.3) is 5.91 Å². The summed E-state index contributed by atoms with van der Waals surface area (Å²) in [4.78, 5) is 20.9. The fourth-order valence-electron chi connectivity index (χ4n) is 2.52. The van der Waals surface area contributed by atoms with Crippen LogP contribution >= 0.6 is 0 Å². The number of benzene rings is 2. The van der Waals surface area contributed by atoms with Gasteiger partial charge in [-0.25, -0.2) is 14.4 Å². The topological polar surface area (TPSA) is 85.4 Å². The van der Waals surface area contributed by atoms with Crippen LogP contribution in [0.3, 0.4) is 0 Å². The van der Waals surface area contributed by atoms with Crippen molar-refractivity contribution in [3.63, 3.8) is 0 Å². The standard InChI is InChI=1S/C21H21FN4O3/c1-14-13-19(20(27)25-18-6-4-3-5-17(18)22)26-21(24-14)23-11-12-29-16-9-7-15(28-2)8-10-16/h3-10,13H,11-12H2,1-2H3,(H,25,27)(H,23,24,26). The molecule has 7 nitrogen and oxygen atoms in total. The highest BCUT2D eigenvalue weighted by Crippen LogP contribution is 2.17. The number of para-hydroxylation sites is 1. The largest absolute Gasteiger partial charge is 0.497 e. The van der Waals surface area contributed by atoms with Crippen LogP contribution in [0.5, 0.6) is 11.5 Å². The molecule has 29 heavy (non-hydrogen) atoms. The average Bonchev–Trinajstić information content (AvgIpc) is 2.73. The fraction of sp³-hybridized carbons (Fsp3) is 0.190. The molecule has 0 saturated carbocycles. The van der Waals surface area contributed by atoms with Gasteiger partial charge in [-0.1, -0.05) is 12.1 Å². The Labute approximate surface area is 167 Å². The van der Waals surface area contributed by atoms with Gasteiger partial charge >= 0.3 is 0 Å². The Bertz CT molecular complexity index is 980. The number of carbonyl (C=O) groups is 1. The number of nitrogens with zero attached hydrogens (tertiary/aromatic N) is 2. The number of rotatable bonds is 8. The second-order valence-electron chi connectivity index (χ2n) is 6.10. The minimum Gasteiger partial charge on any atom is -0.497 e. The van der Waals surface area contributed by atoms with Gasteiger partial charge in [-0.3, -0.25) is 4.79 Å². The second-order valence-corrected chi connectivity index (χ2v) is 6.10. The van der Waals surface area contributed by atoms with Gasteiger partial charge in [0.15, 0.2) is 0 Å². The number of hydrogen-bond acceptors (Lipinski definition) is 6. The number of aromatic nitrogens is 2. The third kappa shape index (κ3) is 5.65. The first-order chi connectivity index (χ1) is 14.0. The summed E-state index contributed by atoms with van der Waals surface area (Å²) >= 11 is 0. The van der Waals surface area contributed by atoms with Crippen molar-refractivity contribution in [1.29, 1.82) is 0 Å². The van der Waals surface area contributed by atoms with E-state index in [4.69, 9.17) is 9.47 Å². The maximum absolute atomic E-state index is 13.7. The van der Waals surface area contributed by atoms with Crippen molar-refractivity contribution in [2.45, 2.75) is 6.92 Å². The zero-order valence-electron chi connectivity index (χ0n) is 16.1. The SMILES string of the molecule is COc1ccc(OCCNc2nc(C)cc(C(=O)Nc3ccccc3F)n2)cc1. The molecule has 0 aliphatic rings. The van der Waals surface area contributed by atoms with E-state index in [1.807, 2.05) is 24.3 Å². The Balaban J connectivity index is 1.56. The van der Waals surface area contributed by atoms with E-state index in [-0.39, 0.29) is 11.4 Å². The number of aryl methyl sites for hydroxylation is 1. The number of nitrogens with one attached hydrogen (secondary N) is 2. The van der Waals surface area contributed by atoms with Crippen LogP contribution in [0.1, 0.15) is 16.2 Å². The normalized spacial score (nSPS) is 10.3. The molecule has 2 aromatic carbocycles. The highest BCUT2D eigenvalue weighted by Gasteiger charge is 2.12. The molecule has 0 atom stereocenters. The van der Waals surface area contributed by atoms with Crippen molar-refractivity contribution < 1.29 is 18.7 Å². The van der Waals surface area contributed by atoms with E-state index in [1.165, 1.54) is 18.2 Å². The van der Waals surface area contributed by atoms with Gasteiger partial charge in [0, 0.05) is 5.69 Å². The predicted molar refractivity (Wildman–Crippen MR) is 108 cm³/mol. The molecule has 3 rings (SSSR count). The van der Waals surface area contributed by atoms with E-state index in [9.17, 15) is 9.18 Å². The molecule has 0 radical (unpaired) electrons. The molecule has 3 aromatic rings. The monoisotopic (exact) mass is 396 g/mol. The van der Waals surface area contributed by atoms with Crippen LogP contribution in [0.2, 0.25) is 0 Å². The third-order valence-electron chi connectivity index (χ3n) is 3.92. The van der Waals surface area contributed by atoms with Crippen LogP contribution < -0.4 is 20.1 Å². The van der Waals surface area contributed by atoms with Crippen molar-refractivity contribution in [2.75, 3.05) is 30.9 Å².